The standard InChI is InChI=1S/C17H26O4/c1-9-5-8-14-11(3)16(19)21-17(14)13(9)7-6-10(2)15(17)20-12(4)18/h9-11,13-15H,5-8H2,1-4H3/t9-,10?,11+,13+,14+,15-,17-/m1/s1. The van der Waals surface area contributed by atoms with Crippen molar-refractivity contribution in [2.45, 2.75) is 65.1 Å². The van der Waals surface area contributed by atoms with Crippen LogP contribution in [0.3, 0.4) is 0 Å². The molecule has 1 spiro atoms. The predicted molar refractivity (Wildman–Crippen MR) is 77.3 cm³/mol. The van der Waals surface area contributed by atoms with Crippen LogP contribution in [0.1, 0.15) is 53.4 Å². The van der Waals surface area contributed by atoms with Gasteiger partial charge in [-0.3, -0.25) is 9.59 Å². The quantitative estimate of drug-likeness (QED) is 0.698. The monoisotopic (exact) mass is 294 g/mol. The van der Waals surface area contributed by atoms with Crippen LogP contribution in [-0.4, -0.2) is 23.6 Å². The molecule has 1 unspecified atom stereocenters. The van der Waals surface area contributed by atoms with E-state index < -0.39 is 5.60 Å². The molecule has 0 bridgehead atoms. The van der Waals surface area contributed by atoms with E-state index in [0.717, 1.165) is 25.7 Å². The highest BCUT2D eigenvalue weighted by atomic mass is 16.6. The van der Waals surface area contributed by atoms with Crippen molar-refractivity contribution in [3.63, 3.8) is 0 Å². The van der Waals surface area contributed by atoms with E-state index in [9.17, 15) is 9.59 Å². The summed E-state index contributed by atoms with van der Waals surface area (Å²) in [5.41, 5.74) is -0.572. The second kappa shape index (κ2) is 4.99. The first-order chi connectivity index (χ1) is 9.87. The Morgan fingerprint density at radius 2 is 1.71 bits per heavy atom. The molecule has 2 saturated carbocycles. The third-order valence-corrected chi connectivity index (χ3v) is 6.22. The number of ether oxygens (including phenoxy) is 2. The normalized spacial score (nSPS) is 49.0. The van der Waals surface area contributed by atoms with E-state index in [1.54, 1.807) is 0 Å². The predicted octanol–water partition coefficient (Wildman–Crippen LogP) is 2.94. The highest BCUT2D eigenvalue weighted by Gasteiger charge is 2.67. The first-order valence-electron chi connectivity index (χ1n) is 8.28. The van der Waals surface area contributed by atoms with Crippen LogP contribution in [0.2, 0.25) is 0 Å². The number of rotatable bonds is 1. The lowest BCUT2D eigenvalue weighted by atomic mass is 9.54. The Hall–Kier alpha value is -1.06. The van der Waals surface area contributed by atoms with Gasteiger partial charge in [-0.05, 0) is 37.5 Å². The fourth-order valence-electron chi connectivity index (χ4n) is 5.23. The van der Waals surface area contributed by atoms with Crippen LogP contribution in [0.15, 0.2) is 0 Å². The summed E-state index contributed by atoms with van der Waals surface area (Å²) in [6.07, 6.45) is 3.95. The van der Waals surface area contributed by atoms with Crippen LogP contribution in [0.25, 0.3) is 0 Å². The van der Waals surface area contributed by atoms with Crippen molar-refractivity contribution in [3.05, 3.63) is 0 Å². The first-order valence-corrected chi connectivity index (χ1v) is 8.28. The third-order valence-electron chi connectivity index (χ3n) is 6.22. The Balaban J connectivity index is 2.06. The lowest BCUT2D eigenvalue weighted by molar-refractivity contribution is -0.223. The Kier molecular flexibility index (Phi) is 3.53. The maximum absolute atomic E-state index is 12.3. The van der Waals surface area contributed by atoms with Crippen molar-refractivity contribution in [2.75, 3.05) is 0 Å². The molecule has 1 saturated heterocycles. The molecule has 0 amide bonds. The third kappa shape index (κ3) is 2.01. The first kappa shape index (κ1) is 14.9. The minimum absolute atomic E-state index is 0.0802. The van der Waals surface area contributed by atoms with E-state index in [-0.39, 0.29) is 35.8 Å². The van der Waals surface area contributed by atoms with Crippen LogP contribution >= 0.6 is 0 Å². The van der Waals surface area contributed by atoms with Crippen LogP contribution < -0.4 is 0 Å². The number of hydrogen-bond acceptors (Lipinski definition) is 4. The average molecular weight is 294 g/mol. The van der Waals surface area contributed by atoms with Gasteiger partial charge < -0.3 is 9.47 Å². The highest BCUT2D eigenvalue weighted by Crippen LogP contribution is 2.59. The molecule has 0 N–H and O–H groups in total. The molecule has 0 radical (unpaired) electrons. The molecule has 4 heteroatoms. The van der Waals surface area contributed by atoms with Crippen LogP contribution in [0, 0.1) is 29.6 Å². The molecule has 3 rings (SSSR count). The maximum atomic E-state index is 12.3. The second-order valence-electron chi connectivity index (χ2n) is 7.42. The van der Waals surface area contributed by atoms with Crippen molar-refractivity contribution in [3.8, 4) is 0 Å². The van der Waals surface area contributed by atoms with Crippen LogP contribution in [-0.2, 0) is 19.1 Å². The summed E-state index contributed by atoms with van der Waals surface area (Å²) in [5.74, 6) is 0.827. The molecule has 0 aromatic carbocycles. The van der Waals surface area contributed by atoms with Crippen molar-refractivity contribution >= 4 is 11.9 Å². The molecule has 3 aliphatic rings. The number of hydrogen-bond donors (Lipinski definition) is 0. The molecule has 0 aromatic rings. The summed E-state index contributed by atoms with van der Waals surface area (Å²) >= 11 is 0. The molecule has 4 nitrogen and oxygen atoms in total. The zero-order chi connectivity index (χ0) is 15.4. The summed E-state index contributed by atoms with van der Waals surface area (Å²) in [6.45, 7) is 7.79. The summed E-state index contributed by atoms with van der Waals surface area (Å²) in [5, 5.41) is 0. The van der Waals surface area contributed by atoms with E-state index in [4.69, 9.17) is 9.47 Å². The number of esters is 2. The summed E-state index contributed by atoms with van der Waals surface area (Å²) in [6, 6.07) is 0. The van der Waals surface area contributed by atoms with Crippen LogP contribution in [0.5, 0.6) is 0 Å². The summed E-state index contributed by atoms with van der Waals surface area (Å²) < 4.78 is 11.7. The fourth-order valence-corrected chi connectivity index (χ4v) is 5.23. The molecule has 21 heavy (non-hydrogen) atoms. The van der Waals surface area contributed by atoms with Gasteiger partial charge in [0.25, 0.3) is 0 Å². The van der Waals surface area contributed by atoms with Crippen molar-refractivity contribution in [1.82, 2.24) is 0 Å². The molecule has 0 aromatic heterocycles. The summed E-state index contributed by atoms with van der Waals surface area (Å²) in [4.78, 5) is 23.9. The Morgan fingerprint density at radius 1 is 1.10 bits per heavy atom. The zero-order valence-electron chi connectivity index (χ0n) is 13.4. The van der Waals surface area contributed by atoms with Gasteiger partial charge in [0.05, 0.1) is 5.92 Å². The Morgan fingerprint density at radius 3 is 2.38 bits per heavy atom. The summed E-state index contributed by atoms with van der Waals surface area (Å²) in [7, 11) is 0. The van der Waals surface area contributed by atoms with Gasteiger partial charge in [-0.15, -0.1) is 0 Å². The molecular formula is C17H26O4. The van der Waals surface area contributed by atoms with Gasteiger partial charge in [-0.1, -0.05) is 20.8 Å². The SMILES string of the molecule is CC(=O)O[C@@H]1C(C)CC[C@H]2[C@H](C)CC[C@H]3[C@H](C)C(=O)O[C@]123. The van der Waals surface area contributed by atoms with Gasteiger partial charge in [-0.25, -0.2) is 0 Å². The molecule has 7 atom stereocenters. The van der Waals surface area contributed by atoms with E-state index in [1.165, 1.54) is 6.92 Å². The molecular weight excluding hydrogens is 268 g/mol. The number of carbonyl (C=O) groups excluding carboxylic acids is 2. The van der Waals surface area contributed by atoms with Crippen LogP contribution in [0.4, 0.5) is 0 Å². The minimum Gasteiger partial charge on any atom is -0.458 e. The van der Waals surface area contributed by atoms with E-state index in [0.29, 0.717) is 11.8 Å². The van der Waals surface area contributed by atoms with E-state index >= 15 is 0 Å². The largest absolute Gasteiger partial charge is 0.458 e. The van der Waals surface area contributed by atoms with Gasteiger partial charge >= 0.3 is 11.9 Å². The lowest BCUT2D eigenvalue weighted by Crippen LogP contribution is -2.63. The zero-order valence-corrected chi connectivity index (χ0v) is 13.4. The lowest BCUT2D eigenvalue weighted by Gasteiger charge is -2.55. The topological polar surface area (TPSA) is 52.6 Å². The van der Waals surface area contributed by atoms with Gasteiger partial charge in [-0.2, -0.15) is 0 Å². The second-order valence-corrected chi connectivity index (χ2v) is 7.42. The van der Waals surface area contributed by atoms with Gasteiger partial charge in [0.15, 0.2) is 5.60 Å². The minimum atomic E-state index is -0.572. The highest BCUT2D eigenvalue weighted by molar-refractivity contribution is 5.76. The molecule has 2 aliphatic carbocycles. The molecule has 118 valence electrons. The van der Waals surface area contributed by atoms with Crippen molar-refractivity contribution < 1.29 is 19.1 Å². The van der Waals surface area contributed by atoms with Gasteiger partial charge in [0.2, 0.25) is 0 Å². The van der Waals surface area contributed by atoms with Gasteiger partial charge in [0, 0.05) is 18.8 Å². The Labute approximate surface area is 126 Å². The number of carbonyl (C=O) groups is 2. The average Bonchev–Trinajstić information content (AvgIpc) is 2.66. The van der Waals surface area contributed by atoms with E-state index in [2.05, 4.69) is 13.8 Å². The van der Waals surface area contributed by atoms with E-state index in [1.807, 2.05) is 6.92 Å². The molecule has 3 fully saturated rings. The smallest absolute Gasteiger partial charge is 0.309 e. The maximum Gasteiger partial charge on any atom is 0.309 e. The van der Waals surface area contributed by atoms with Gasteiger partial charge in [0.1, 0.15) is 6.10 Å². The fraction of sp³-hybridized carbons (Fsp3) is 0.882. The molecule has 1 aliphatic heterocycles. The Bertz CT molecular complexity index is 460. The molecule has 1 heterocycles. The van der Waals surface area contributed by atoms with Crippen molar-refractivity contribution in [1.29, 1.82) is 0 Å². The van der Waals surface area contributed by atoms with Crippen molar-refractivity contribution in [2.24, 2.45) is 29.6 Å².